The molecule has 2 fully saturated rings. The molecule has 10 N–H and O–H groups in total. The molecule has 2 aromatic rings. The van der Waals surface area contributed by atoms with Crippen LogP contribution in [0.2, 0.25) is 0 Å². The maximum atomic E-state index is 13.1. The largest absolute Gasteiger partial charge is 0.486 e. The number of rotatable bonds is 57. The van der Waals surface area contributed by atoms with Crippen molar-refractivity contribution in [1.29, 1.82) is 0 Å². The second-order valence-electron chi connectivity index (χ2n) is 21.9. The van der Waals surface area contributed by atoms with Crippen molar-refractivity contribution in [3.05, 3.63) is 48.0 Å². The molecule has 0 saturated carbocycles. The fraction of sp³-hybridized carbons (Fsp3) is 0.734. The average Bonchev–Trinajstić information content (AvgIpc) is 0.865. The van der Waals surface area contributed by atoms with Gasteiger partial charge in [0, 0.05) is 64.0 Å². The molecule has 0 aliphatic carbocycles. The maximum Gasteiger partial charge on any atom is 0.222 e. The van der Waals surface area contributed by atoms with E-state index in [2.05, 4.69) is 10.6 Å². The highest BCUT2D eigenvalue weighted by atomic mass is 16.7. The SMILES string of the molecule is C[C@@H]1O[C@@H](OCCOCCNC(=O)CCOCCOCCOCCOCCCC(=O)COc2ccc(-c3cc(OCC(=O)CCCOCCOCCOCCOCCC(=O)NCCOCCO[C@@H]4O[C@@H](C)[C@H](O)[C@@H](O)[C@H]4O)cc(C(=O)CCCN)c3)cc2)[C@H](O)[C@H](O)[C@H]1O. The summed E-state index contributed by atoms with van der Waals surface area (Å²) in [7, 11) is 0. The molecular weight excluding hydrogens is 1240 g/mol. The quantitative estimate of drug-likeness (QED) is 0.0300. The summed E-state index contributed by atoms with van der Waals surface area (Å²) in [6.07, 6.45) is -8.84. The number of aliphatic hydroxyl groups is 6. The van der Waals surface area contributed by atoms with E-state index in [1.54, 1.807) is 44.2 Å². The standard InChI is InChI=1S/C64H103N3O27/c1-45-57(73)59(75)61(77)63(93-45)89-38-36-83-22-16-66-55(71)13-20-81-26-30-87-34-32-85-28-24-79-18-4-6-50(68)43-91-52-11-9-47(10-12-52)48-40-49(54(70)8-3-15-65)42-53(41-48)92-44-51(69)7-5-19-80-25-29-86-33-35-88-31-27-82-21-14-56(72)67-17-23-84-37-39-90-64-62(78)60(76)58(74)46(2)94-64/h9-12,40-42,45-46,57-64,73-78H,3-8,13-39,43-44,65H2,1-2H3,(H,66,71)(H,67,72)/t45-,46-,57-,58-,59+,60+,61+,62+,63+,64+/m0/s1. The van der Waals surface area contributed by atoms with Crippen molar-refractivity contribution in [2.45, 2.75) is 127 Å². The second-order valence-corrected chi connectivity index (χ2v) is 21.9. The number of Topliss-reactive ketones (excluding diaryl/α,β-unsaturated/α-hetero) is 3. The first-order chi connectivity index (χ1) is 45.6. The van der Waals surface area contributed by atoms with Gasteiger partial charge >= 0.3 is 0 Å². The predicted molar refractivity (Wildman–Crippen MR) is 334 cm³/mol. The van der Waals surface area contributed by atoms with Gasteiger partial charge in [-0.2, -0.15) is 0 Å². The van der Waals surface area contributed by atoms with Gasteiger partial charge in [0.1, 0.15) is 61.3 Å². The smallest absolute Gasteiger partial charge is 0.222 e. The summed E-state index contributed by atoms with van der Waals surface area (Å²) in [6.45, 7) is 10.1. The molecule has 2 amide bonds. The van der Waals surface area contributed by atoms with Gasteiger partial charge in [0.15, 0.2) is 29.9 Å². The monoisotopic (exact) mass is 1350 g/mol. The molecular formula is C64H103N3O27. The van der Waals surface area contributed by atoms with Crippen molar-refractivity contribution in [3.8, 4) is 22.6 Å². The van der Waals surface area contributed by atoms with E-state index in [0.717, 1.165) is 5.56 Å². The van der Waals surface area contributed by atoms with Gasteiger partial charge in [-0.3, -0.25) is 24.0 Å². The molecule has 30 heteroatoms. The highest BCUT2D eigenvalue weighted by Gasteiger charge is 2.43. The number of benzene rings is 2. The third-order valence-electron chi connectivity index (χ3n) is 14.3. The lowest BCUT2D eigenvalue weighted by atomic mass is 9.99. The molecule has 2 aliphatic heterocycles. The van der Waals surface area contributed by atoms with Gasteiger partial charge in [-0.05, 0) is 81.1 Å². The Balaban J connectivity index is 0.925. The first-order valence-corrected chi connectivity index (χ1v) is 32.3. The third-order valence-corrected chi connectivity index (χ3v) is 14.3. The molecule has 2 heterocycles. The Morgan fingerprint density at radius 3 is 1.21 bits per heavy atom. The van der Waals surface area contributed by atoms with Crippen LogP contribution in [0.3, 0.4) is 0 Å². The highest BCUT2D eigenvalue weighted by Crippen LogP contribution is 2.29. The van der Waals surface area contributed by atoms with Gasteiger partial charge < -0.3 is 123 Å². The van der Waals surface area contributed by atoms with E-state index in [1.165, 1.54) is 0 Å². The van der Waals surface area contributed by atoms with Crippen LogP contribution in [0.5, 0.6) is 11.5 Å². The maximum absolute atomic E-state index is 13.1. The molecule has 0 bridgehead atoms. The molecule has 0 radical (unpaired) electrons. The van der Waals surface area contributed by atoms with Crippen LogP contribution in [0, 0.1) is 0 Å². The summed E-state index contributed by atoms with van der Waals surface area (Å²) >= 11 is 0. The summed E-state index contributed by atoms with van der Waals surface area (Å²) in [5.41, 5.74) is 7.57. The lowest BCUT2D eigenvalue weighted by Gasteiger charge is -2.38. The summed E-state index contributed by atoms with van der Waals surface area (Å²) in [6, 6.07) is 12.3. The predicted octanol–water partition coefficient (Wildman–Crippen LogP) is -0.402. The van der Waals surface area contributed by atoms with Crippen LogP contribution < -0.4 is 25.8 Å². The minimum absolute atomic E-state index is 0.0816. The van der Waals surface area contributed by atoms with Crippen LogP contribution in [0.1, 0.15) is 75.6 Å². The van der Waals surface area contributed by atoms with Crippen LogP contribution in [-0.2, 0) is 85.5 Å². The number of ketones is 3. The Labute approximate surface area is 549 Å². The normalized spacial score (nSPS) is 21.2. The molecule has 0 unspecified atom stereocenters. The van der Waals surface area contributed by atoms with Crippen molar-refractivity contribution in [3.63, 3.8) is 0 Å². The van der Waals surface area contributed by atoms with Gasteiger partial charge in [0.2, 0.25) is 11.8 Å². The molecule has 0 spiro atoms. The van der Waals surface area contributed by atoms with E-state index in [1.807, 2.05) is 12.1 Å². The van der Waals surface area contributed by atoms with E-state index in [0.29, 0.717) is 141 Å². The summed E-state index contributed by atoms with van der Waals surface area (Å²) in [4.78, 5) is 62.5. The Morgan fingerprint density at radius 1 is 0.404 bits per heavy atom. The van der Waals surface area contributed by atoms with Crippen molar-refractivity contribution in [2.24, 2.45) is 5.73 Å². The highest BCUT2D eigenvalue weighted by molar-refractivity contribution is 5.97. The van der Waals surface area contributed by atoms with Gasteiger partial charge in [-0.1, -0.05) is 12.1 Å². The summed E-state index contributed by atoms with van der Waals surface area (Å²) in [5, 5.41) is 64.6. The van der Waals surface area contributed by atoms with Crippen LogP contribution in [0.25, 0.3) is 11.1 Å². The molecule has 2 saturated heterocycles. The second kappa shape index (κ2) is 50.5. The summed E-state index contributed by atoms with van der Waals surface area (Å²) < 4.78 is 88.1. The number of carbonyl (C=O) groups excluding carboxylic acids is 5. The molecule has 4 rings (SSSR count). The van der Waals surface area contributed by atoms with E-state index in [9.17, 15) is 54.6 Å². The number of nitrogens with one attached hydrogen (secondary N) is 2. The number of ether oxygens (including phenoxy) is 16. The van der Waals surface area contributed by atoms with Crippen molar-refractivity contribution in [1.82, 2.24) is 10.6 Å². The molecule has 536 valence electrons. The van der Waals surface area contributed by atoms with Crippen LogP contribution in [0.4, 0.5) is 0 Å². The zero-order valence-corrected chi connectivity index (χ0v) is 54.4. The Morgan fingerprint density at radius 2 is 0.787 bits per heavy atom. The van der Waals surface area contributed by atoms with Gasteiger partial charge in [-0.25, -0.2) is 0 Å². The fourth-order valence-electron chi connectivity index (χ4n) is 8.88. The van der Waals surface area contributed by atoms with Crippen LogP contribution in [0.15, 0.2) is 42.5 Å². The van der Waals surface area contributed by atoms with Gasteiger partial charge in [-0.15, -0.1) is 0 Å². The number of hydrogen-bond donors (Lipinski definition) is 9. The lowest BCUT2D eigenvalue weighted by molar-refractivity contribution is -0.294. The number of hydrogen-bond acceptors (Lipinski definition) is 28. The third kappa shape index (κ3) is 35.4. The minimum Gasteiger partial charge on any atom is -0.486 e. The van der Waals surface area contributed by atoms with E-state index < -0.39 is 61.4 Å². The topological polar surface area (TPSA) is 404 Å². The molecule has 2 aliphatic rings. The van der Waals surface area contributed by atoms with Gasteiger partial charge in [0.05, 0.1) is 144 Å². The Kier molecular flexibility index (Phi) is 43.8. The molecule has 0 aromatic heterocycles. The van der Waals surface area contributed by atoms with Crippen molar-refractivity contribution >= 4 is 29.2 Å². The zero-order chi connectivity index (χ0) is 68.0. The average molecular weight is 1350 g/mol. The lowest BCUT2D eigenvalue weighted by Crippen LogP contribution is -2.57. The molecule has 94 heavy (non-hydrogen) atoms. The molecule has 30 nitrogen and oxygen atoms in total. The Hall–Kier alpha value is -4.85. The zero-order valence-electron chi connectivity index (χ0n) is 54.4. The summed E-state index contributed by atoms with van der Waals surface area (Å²) in [5.74, 6) is 0.157. The van der Waals surface area contributed by atoms with Crippen LogP contribution in [-0.4, -0.2) is 299 Å². The van der Waals surface area contributed by atoms with E-state index in [4.69, 9.17) is 81.5 Å². The first kappa shape index (κ1) is 81.6. The number of aliphatic hydroxyl groups excluding tert-OH is 6. The van der Waals surface area contributed by atoms with Gasteiger partial charge in [0.25, 0.3) is 0 Å². The molecule has 10 atom stereocenters. The fourth-order valence-corrected chi connectivity index (χ4v) is 8.88. The van der Waals surface area contributed by atoms with Crippen molar-refractivity contribution < 1.29 is 130 Å². The minimum atomic E-state index is -1.38. The van der Waals surface area contributed by atoms with E-state index in [-0.39, 0.29) is 140 Å². The Bertz CT molecular complexity index is 2360. The number of nitrogens with two attached hydrogens (primary N) is 1. The van der Waals surface area contributed by atoms with Crippen LogP contribution >= 0.6 is 0 Å². The first-order valence-electron chi connectivity index (χ1n) is 32.3. The van der Waals surface area contributed by atoms with Crippen molar-refractivity contribution in [2.75, 3.05) is 178 Å². The molecule has 2 aromatic carbocycles. The number of carbonyl (C=O) groups is 5. The van der Waals surface area contributed by atoms with E-state index >= 15 is 0 Å². The number of amides is 2.